The predicted molar refractivity (Wildman–Crippen MR) is 190 cm³/mol. The van der Waals surface area contributed by atoms with Crippen molar-refractivity contribution in [1.82, 2.24) is 0 Å². The molecular weight excluding hydrogens is 641 g/mol. The smallest absolute Gasteiger partial charge is 0.304 e. The van der Waals surface area contributed by atoms with Gasteiger partial charge in [0.15, 0.2) is 0 Å². The molecule has 0 aliphatic carbocycles. The van der Waals surface area contributed by atoms with Crippen molar-refractivity contribution in [2.45, 2.75) is 55.8 Å². The van der Waals surface area contributed by atoms with Gasteiger partial charge in [0.1, 0.15) is 11.5 Å². The van der Waals surface area contributed by atoms with Crippen LogP contribution in [-0.4, -0.2) is 33.2 Å². The van der Waals surface area contributed by atoms with Crippen molar-refractivity contribution in [3.63, 3.8) is 0 Å². The highest BCUT2D eigenvalue weighted by Gasteiger charge is 2.35. The third-order valence-electron chi connectivity index (χ3n) is 7.59. The first-order valence-corrected chi connectivity index (χ1v) is 16.1. The van der Waals surface area contributed by atoms with E-state index >= 15 is 0 Å². The van der Waals surface area contributed by atoms with Crippen LogP contribution in [0.15, 0.2) is 72.8 Å². The minimum absolute atomic E-state index is 0.220. The van der Waals surface area contributed by atoms with Gasteiger partial charge < -0.3 is 20.1 Å². The van der Waals surface area contributed by atoms with Gasteiger partial charge in [-0.25, -0.2) is 0 Å². The van der Waals surface area contributed by atoms with Gasteiger partial charge in [-0.2, -0.15) is 37.9 Å². The maximum atomic E-state index is 12.2. The first-order valence-electron chi connectivity index (χ1n) is 14.6. The van der Waals surface area contributed by atoms with E-state index in [2.05, 4.69) is 0 Å². The summed E-state index contributed by atoms with van der Waals surface area (Å²) in [5, 5.41) is 27.0. The predicted octanol–water partition coefficient (Wildman–Crippen LogP) is 9.07. The molecule has 0 heterocycles. The lowest BCUT2D eigenvalue weighted by Gasteiger charge is -2.32. The van der Waals surface area contributed by atoms with Gasteiger partial charge in [0.25, 0.3) is 0 Å². The van der Waals surface area contributed by atoms with Gasteiger partial charge in [-0.15, -0.1) is 0 Å². The SMILES string of the molecule is Cc1ccc(Oc2c(C(S)CC(=O)O)c(-c3ccc(C)cc3)c(C(S)CC(=O)O)c(-c3ccc(C)cc3)c2C(S)CC(=O)O)cc1. The van der Waals surface area contributed by atoms with E-state index in [0.717, 1.165) is 16.7 Å². The summed E-state index contributed by atoms with van der Waals surface area (Å²) in [6, 6.07) is 22.4. The van der Waals surface area contributed by atoms with E-state index in [1.165, 1.54) is 0 Å². The molecule has 3 unspecified atom stereocenters. The monoisotopic (exact) mass is 676 g/mol. The summed E-state index contributed by atoms with van der Waals surface area (Å²) in [7, 11) is 0. The van der Waals surface area contributed by atoms with Crippen LogP contribution in [0.4, 0.5) is 0 Å². The number of aryl methyl sites for hydroxylation is 3. The summed E-state index contributed by atoms with van der Waals surface area (Å²) in [6.45, 7) is 5.81. The standard InChI is InChI=1S/C36H36O7S3/c1-19-4-10-22(11-5-19)31-33(25(44)16-28(37)38)32(23-12-6-20(2)7-13-23)35(27(46)18-30(41)42)36(34(31)26(45)17-29(39)40)43-24-14-8-21(3)9-15-24/h4-15,25-27,44-46H,16-18H2,1-3H3,(H,37,38)(H,39,40)(H,41,42). The third kappa shape index (κ3) is 8.29. The molecule has 0 aliphatic heterocycles. The number of carboxylic acids is 3. The Balaban J connectivity index is 2.32. The van der Waals surface area contributed by atoms with Crippen molar-refractivity contribution in [3.05, 3.63) is 106 Å². The van der Waals surface area contributed by atoms with E-state index in [0.29, 0.717) is 44.7 Å². The van der Waals surface area contributed by atoms with Crippen molar-refractivity contribution in [2.24, 2.45) is 0 Å². The molecule has 4 aromatic carbocycles. The van der Waals surface area contributed by atoms with E-state index in [1.807, 2.05) is 81.4 Å². The second-order valence-corrected chi connectivity index (χ2v) is 13.2. The van der Waals surface area contributed by atoms with E-state index in [4.69, 9.17) is 42.6 Å². The summed E-state index contributed by atoms with van der Waals surface area (Å²) in [6.07, 6.45) is -1.17. The van der Waals surface area contributed by atoms with Crippen molar-refractivity contribution in [2.75, 3.05) is 0 Å². The van der Waals surface area contributed by atoms with E-state index < -0.39 is 46.5 Å². The lowest BCUT2D eigenvalue weighted by molar-refractivity contribution is -0.138. The minimum Gasteiger partial charge on any atom is -0.481 e. The Morgan fingerprint density at radius 3 is 1.17 bits per heavy atom. The molecule has 0 radical (unpaired) electrons. The van der Waals surface area contributed by atoms with Gasteiger partial charge in [0.05, 0.1) is 19.3 Å². The number of ether oxygens (including phenoxy) is 1. The summed E-state index contributed by atoms with van der Waals surface area (Å²) < 4.78 is 6.66. The minimum atomic E-state index is -1.11. The molecule has 3 N–H and O–H groups in total. The molecule has 4 rings (SSSR count). The average molecular weight is 677 g/mol. The molecule has 0 spiro atoms. The van der Waals surface area contributed by atoms with Crippen LogP contribution in [0.2, 0.25) is 0 Å². The maximum Gasteiger partial charge on any atom is 0.304 e. The molecule has 0 bridgehead atoms. The number of hydrogen-bond acceptors (Lipinski definition) is 7. The Morgan fingerprint density at radius 1 is 0.543 bits per heavy atom. The van der Waals surface area contributed by atoms with Crippen LogP contribution in [0.3, 0.4) is 0 Å². The van der Waals surface area contributed by atoms with Crippen LogP contribution in [0.1, 0.15) is 68.4 Å². The zero-order chi connectivity index (χ0) is 33.7. The first kappa shape index (κ1) is 35.0. The number of carbonyl (C=O) groups is 3. The molecule has 0 saturated carbocycles. The van der Waals surface area contributed by atoms with Gasteiger partial charge in [-0.05, 0) is 60.7 Å². The molecule has 3 atom stereocenters. The lowest BCUT2D eigenvalue weighted by Crippen LogP contribution is -2.15. The molecule has 0 aromatic heterocycles. The summed E-state index contributed by atoms with van der Waals surface area (Å²) in [4.78, 5) is 36.5. The summed E-state index contributed by atoms with van der Waals surface area (Å²) in [5.74, 6) is -2.65. The fraction of sp³-hybridized carbons (Fsp3) is 0.250. The second kappa shape index (κ2) is 15.2. The molecule has 10 heteroatoms. The normalized spacial score (nSPS) is 13.1. The van der Waals surface area contributed by atoms with Gasteiger partial charge in [0.2, 0.25) is 0 Å². The highest BCUT2D eigenvalue weighted by molar-refractivity contribution is 7.81. The lowest BCUT2D eigenvalue weighted by atomic mass is 9.79. The number of benzene rings is 4. The molecule has 46 heavy (non-hydrogen) atoms. The Kier molecular flexibility index (Phi) is 11.5. The molecule has 7 nitrogen and oxygen atoms in total. The van der Waals surface area contributed by atoms with E-state index in [-0.39, 0.29) is 12.2 Å². The summed E-state index contributed by atoms with van der Waals surface area (Å²) >= 11 is 14.5. The largest absolute Gasteiger partial charge is 0.481 e. The molecule has 0 saturated heterocycles. The van der Waals surface area contributed by atoms with Crippen LogP contribution >= 0.6 is 37.9 Å². The van der Waals surface area contributed by atoms with Crippen LogP contribution in [-0.2, 0) is 14.4 Å². The van der Waals surface area contributed by atoms with Crippen LogP contribution in [0, 0.1) is 20.8 Å². The van der Waals surface area contributed by atoms with Crippen LogP contribution < -0.4 is 4.74 Å². The fourth-order valence-electron chi connectivity index (χ4n) is 5.46. The Morgan fingerprint density at radius 2 is 0.848 bits per heavy atom. The number of aliphatic carboxylic acids is 3. The molecular formula is C36H36O7S3. The molecule has 4 aromatic rings. The molecule has 0 fully saturated rings. The van der Waals surface area contributed by atoms with Gasteiger partial charge in [-0.3, -0.25) is 14.4 Å². The zero-order valence-corrected chi connectivity index (χ0v) is 28.3. The van der Waals surface area contributed by atoms with Crippen molar-refractivity contribution in [3.8, 4) is 33.8 Å². The maximum absolute atomic E-state index is 12.2. The van der Waals surface area contributed by atoms with Gasteiger partial charge in [0, 0.05) is 26.9 Å². The zero-order valence-electron chi connectivity index (χ0n) is 25.6. The number of carboxylic acid groups (broad SMARTS) is 3. The van der Waals surface area contributed by atoms with Crippen LogP contribution in [0.25, 0.3) is 22.3 Å². The number of thiol groups is 3. The Labute approximate surface area is 284 Å². The highest BCUT2D eigenvalue weighted by atomic mass is 32.1. The number of rotatable bonds is 13. The van der Waals surface area contributed by atoms with Crippen molar-refractivity contribution in [1.29, 1.82) is 0 Å². The average Bonchev–Trinajstić information content (AvgIpc) is 2.97. The van der Waals surface area contributed by atoms with E-state index in [9.17, 15) is 29.7 Å². The highest BCUT2D eigenvalue weighted by Crippen LogP contribution is 2.55. The molecule has 240 valence electrons. The van der Waals surface area contributed by atoms with Crippen LogP contribution in [0.5, 0.6) is 11.5 Å². The summed E-state index contributed by atoms with van der Waals surface area (Å²) in [5.41, 5.74) is 6.61. The topological polar surface area (TPSA) is 121 Å². The Hall–Kier alpha value is -3.86. The second-order valence-electron chi connectivity index (χ2n) is 11.3. The fourth-order valence-corrected chi connectivity index (χ4v) is 6.67. The van der Waals surface area contributed by atoms with Gasteiger partial charge >= 0.3 is 17.9 Å². The van der Waals surface area contributed by atoms with Crippen molar-refractivity contribution >= 4 is 55.8 Å². The van der Waals surface area contributed by atoms with Gasteiger partial charge in [-0.1, -0.05) is 77.4 Å². The van der Waals surface area contributed by atoms with Crippen molar-refractivity contribution < 1.29 is 34.4 Å². The number of hydrogen-bond donors (Lipinski definition) is 6. The molecule has 0 aliphatic rings. The first-order chi connectivity index (χ1) is 21.8. The Bertz CT molecular complexity index is 1640. The third-order valence-corrected chi connectivity index (χ3v) is 8.91. The quantitative estimate of drug-likeness (QED) is 0.0782. The molecule has 0 amide bonds. The van der Waals surface area contributed by atoms with E-state index in [1.54, 1.807) is 12.1 Å².